The third-order valence-corrected chi connectivity index (χ3v) is 2.08. The molecule has 0 aromatic carbocycles. The van der Waals surface area contributed by atoms with Crippen LogP contribution >= 0.6 is 0 Å². The molecule has 1 aliphatic rings. The minimum atomic E-state index is -0.118. The van der Waals surface area contributed by atoms with E-state index in [1.54, 1.807) is 0 Å². The highest BCUT2D eigenvalue weighted by molar-refractivity contribution is 5.87. The van der Waals surface area contributed by atoms with Gasteiger partial charge in [-0.15, -0.1) is 0 Å². The van der Waals surface area contributed by atoms with E-state index in [0.717, 1.165) is 19.3 Å². The quantitative estimate of drug-likeness (QED) is 0.557. The second kappa shape index (κ2) is 3.53. The second-order valence-corrected chi connectivity index (χ2v) is 2.91. The van der Waals surface area contributed by atoms with Crippen LogP contribution in [0, 0.1) is 0 Å². The molecule has 0 spiro atoms. The first-order valence-electron chi connectivity index (χ1n) is 3.92. The van der Waals surface area contributed by atoms with Crippen molar-refractivity contribution in [3.8, 4) is 0 Å². The Morgan fingerprint density at radius 2 is 2.36 bits per heavy atom. The first-order chi connectivity index (χ1) is 5.24. The van der Waals surface area contributed by atoms with Crippen LogP contribution in [0.5, 0.6) is 0 Å². The normalized spacial score (nSPS) is 29.9. The summed E-state index contributed by atoms with van der Waals surface area (Å²) in [7, 11) is 0. The highest BCUT2D eigenvalue weighted by atomic mass is 16.1. The molecule has 3 heteroatoms. The van der Waals surface area contributed by atoms with Crippen molar-refractivity contribution in [2.45, 2.75) is 31.3 Å². The molecule has 0 unspecified atom stereocenters. The van der Waals surface area contributed by atoms with E-state index in [0.29, 0.717) is 0 Å². The van der Waals surface area contributed by atoms with Crippen LogP contribution in [0.1, 0.15) is 19.3 Å². The van der Waals surface area contributed by atoms with Crippen LogP contribution in [0.3, 0.4) is 0 Å². The molecule has 0 radical (unpaired) electrons. The molecule has 1 amide bonds. The molecule has 0 saturated heterocycles. The van der Waals surface area contributed by atoms with Crippen molar-refractivity contribution in [1.29, 1.82) is 0 Å². The summed E-state index contributed by atoms with van der Waals surface area (Å²) in [4.78, 5) is 10.8. The van der Waals surface area contributed by atoms with E-state index in [9.17, 15) is 4.79 Å². The fourth-order valence-electron chi connectivity index (χ4n) is 1.41. The lowest BCUT2D eigenvalue weighted by atomic mass is 10.2. The molecule has 3 N–H and O–H groups in total. The first-order valence-corrected chi connectivity index (χ1v) is 3.92. The number of hydrogen-bond donors (Lipinski definition) is 2. The predicted molar refractivity (Wildman–Crippen MR) is 44.0 cm³/mol. The maximum atomic E-state index is 10.8. The van der Waals surface area contributed by atoms with Crippen LogP contribution < -0.4 is 11.1 Å². The Bertz CT molecular complexity index is 167. The van der Waals surface area contributed by atoms with Gasteiger partial charge in [0.1, 0.15) is 0 Å². The van der Waals surface area contributed by atoms with E-state index in [1.807, 2.05) is 0 Å². The molecule has 0 heterocycles. The van der Waals surface area contributed by atoms with Crippen molar-refractivity contribution < 1.29 is 4.79 Å². The lowest BCUT2D eigenvalue weighted by Crippen LogP contribution is -2.43. The molecule has 2 atom stereocenters. The van der Waals surface area contributed by atoms with E-state index in [1.165, 1.54) is 6.08 Å². The van der Waals surface area contributed by atoms with Gasteiger partial charge in [0.05, 0.1) is 0 Å². The summed E-state index contributed by atoms with van der Waals surface area (Å²) < 4.78 is 0. The first kappa shape index (κ1) is 8.27. The number of rotatable bonds is 2. The largest absolute Gasteiger partial charge is 0.348 e. The number of carbonyl (C=O) groups excluding carboxylic acids is 1. The summed E-state index contributed by atoms with van der Waals surface area (Å²) in [6.45, 7) is 3.37. The molecular weight excluding hydrogens is 140 g/mol. The van der Waals surface area contributed by atoms with Gasteiger partial charge in [0, 0.05) is 12.1 Å². The molecule has 0 aliphatic heterocycles. The second-order valence-electron chi connectivity index (χ2n) is 2.91. The number of nitrogens with two attached hydrogens (primary N) is 1. The van der Waals surface area contributed by atoms with E-state index in [-0.39, 0.29) is 18.0 Å². The molecule has 3 nitrogen and oxygen atoms in total. The van der Waals surface area contributed by atoms with Gasteiger partial charge in [0.15, 0.2) is 0 Å². The lowest BCUT2D eigenvalue weighted by Gasteiger charge is -2.15. The highest BCUT2D eigenvalue weighted by Crippen LogP contribution is 2.16. The van der Waals surface area contributed by atoms with Crippen molar-refractivity contribution in [3.05, 3.63) is 12.7 Å². The molecule has 1 rings (SSSR count). The summed E-state index contributed by atoms with van der Waals surface area (Å²) in [5, 5.41) is 2.80. The number of hydrogen-bond acceptors (Lipinski definition) is 2. The predicted octanol–water partition coefficient (Wildman–Crippen LogP) is 0.168. The molecule has 0 aromatic rings. The third kappa shape index (κ3) is 2.05. The van der Waals surface area contributed by atoms with Crippen LogP contribution in [-0.2, 0) is 4.79 Å². The van der Waals surface area contributed by atoms with E-state index in [4.69, 9.17) is 5.73 Å². The zero-order valence-electron chi connectivity index (χ0n) is 6.55. The molecule has 1 saturated carbocycles. The Balaban J connectivity index is 2.36. The van der Waals surface area contributed by atoms with Gasteiger partial charge in [0.2, 0.25) is 5.91 Å². The van der Waals surface area contributed by atoms with Crippen molar-refractivity contribution in [2.75, 3.05) is 0 Å². The van der Waals surface area contributed by atoms with Crippen molar-refractivity contribution in [3.63, 3.8) is 0 Å². The minimum Gasteiger partial charge on any atom is -0.348 e. The van der Waals surface area contributed by atoms with Gasteiger partial charge in [-0.1, -0.05) is 6.58 Å². The van der Waals surface area contributed by atoms with Crippen LogP contribution in [-0.4, -0.2) is 18.0 Å². The maximum Gasteiger partial charge on any atom is 0.243 e. The average Bonchev–Trinajstić information content (AvgIpc) is 2.37. The van der Waals surface area contributed by atoms with Crippen LogP contribution in [0.2, 0.25) is 0 Å². The van der Waals surface area contributed by atoms with Crippen LogP contribution in [0.4, 0.5) is 0 Å². The van der Waals surface area contributed by atoms with Crippen LogP contribution in [0.25, 0.3) is 0 Å². The van der Waals surface area contributed by atoms with Gasteiger partial charge in [-0.05, 0) is 25.3 Å². The Hall–Kier alpha value is -0.830. The summed E-state index contributed by atoms with van der Waals surface area (Å²) in [5.74, 6) is -0.118. The zero-order chi connectivity index (χ0) is 8.27. The average molecular weight is 154 g/mol. The van der Waals surface area contributed by atoms with Gasteiger partial charge in [-0.3, -0.25) is 4.79 Å². The van der Waals surface area contributed by atoms with E-state index in [2.05, 4.69) is 11.9 Å². The summed E-state index contributed by atoms with van der Waals surface area (Å²) >= 11 is 0. The Labute approximate surface area is 66.6 Å². The summed E-state index contributed by atoms with van der Waals surface area (Å²) in [6, 6.07) is 0.305. The molecule has 11 heavy (non-hydrogen) atoms. The Kier molecular flexibility index (Phi) is 2.65. The lowest BCUT2D eigenvalue weighted by molar-refractivity contribution is -0.117. The monoisotopic (exact) mass is 154 g/mol. The standard InChI is InChI=1S/C8H14N2O/c1-2-8(11)10-7-5-3-4-6(7)9/h2,6-7H,1,3-5,9H2,(H,10,11)/t6-,7-/m1/s1. The molecule has 0 aromatic heterocycles. The third-order valence-electron chi connectivity index (χ3n) is 2.08. The van der Waals surface area contributed by atoms with Gasteiger partial charge in [-0.25, -0.2) is 0 Å². The number of nitrogens with one attached hydrogen (secondary N) is 1. The van der Waals surface area contributed by atoms with E-state index >= 15 is 0 Å². The SMILES string of the molecule is C=CC(=O)N[C@@H]1CCC[C@H]1N. The topological polar surface area (TPSA) is 55.1 Å². The Morgan fingerprint density at radius 3 is 2.82 bits per heavy atom. The molecule has 62 valence electrons. The summed E-state index contributed by atoms with van der Waals surface area (Å²) in [5.41, 5.74) is 5.73. The van der Waals surface area contributed by atoms with Gasteiger partial charge in [0.25, 0.3) is 0 Å². The minimum absolute atomic E-state index is 0.118. The fraction of sp³-hybridized carbons (Fsp3) is 0.625. The Morgan fingerprint density at radius 1 is 1.64 bits per heavy atom. The molecule has 1 fully saturated rings. The van der Waals surface area contributed by atoms with Gasteiger partial charge < -0.3 is 11.1 Å². The van der Waals surface area contributed by atoms with Crippen LogP contribution in [0.15, 0.2) is 12.7 Å². The van der Waals surface area contributed by atoms with E-state index < -0.39 is 0 Å². The number of carbonyl (C=O) groups is 1. The molecule has 0 bridgehead atoms. The highest BCUT2D eigenvalue weighted by Gasteiger charge is 2.24. The van der Waals surface area contributed by atoms with Crippen molar-refractivity contribution in [1.82, 2.24) is 5.32 Å². The smallest absolute Gasteiger partial charge is 0.243 e. The molecular formula is C8H14N2O. The molecule has 1 aliphatic carbocycles. The maximum absolute atomic E-state index is 10.8. The fourth-order valence-corrected chi connectivity index (χ4v) is 1.41. The zero-order valence-corrected chi connectivity index (χ0v) is 6.55. The van der Waals surface area contributed by atoms with Gasteiger partial charge >= 0.3 is 0 Å². The van der Waals surface area contributed by atoms with Gasteiger partial charge in [-0.2, -0.15) is 0 Å². The van der Waals surface area contributed by atoms with Crippen molar-refractivity contribution >= 4 is 5.91 Å². The number of amides is 1. The summed E-state index contributed by atoms with van der Waals surface area (Å²) in [6.07, 6.45) is 4.41. The van der Waals surface area contributed by atoms with Crippen molar-refractivity contribution in [2.24, 2.45) is 5.73 Å².